The third-order valence-electron chi connectivity index (χ3n) is 6.18. The van der Waals surface area contributed by atoms with Crippen LogP contribution in [-0.4, -0.2) is 50.9 Å². The van der Waals surface area contributed by atoms with Gasteiger partial charge in [-0.1, -0.05) is 42.5 Å². The average molecular weight is 499 g/mol. The lowest BCUT2D eigenvalue weighted by atomic mass is 9.95. The third kappa shape index (κ3) is 4.55. The minimum absolute atomic E-state index is 0. The molecule has 1 aliphatic rings. The fourth-order valence-corrected chi connectivity index (χ4v) is 4.59. The molecule has 2 atom stereocenters. The summed E-state index contributed by atoms with van der Waals surface area (Å²) in [7, 11) is 0. The van der Waals surface area contributed by atoms with Gasteiger partial charge in [0.2, 0.25) is 0 Å². The Hall–Kier alpha value is -2.90. The van der Waals surface area contributed by atoms with Crippen LogP contribution in [0, 0.1) is 13.8 Å². The smallest absolute Gasteiger partial charge is 0.254 e. The van der Waals surface area contributed by atoms with Gasteiger partial charge in [0.25, 0.3) is 5.91 Å². The number of benzene rings is 3. The number of hydrogen-bond acceptors (Lipinski definition) is 4. The number of rotatable bonds is 3. The zero-order chi connectivity index (χ0) is 22.4. The quantitative estimate of drug-likeness (QED) is 0.441. The Kier molecular flexibility index (Phi) is 7.68. The summed E-state index contributed by atoms with van der Waals surface area (Å²) >= 11 is 0. The van der Waals surface area contributed by atoms with Crippen molar-refractivity contribution in [3.63, 3.8) is 0 Å². The lowest BCUT2D eigenvalue weighted by Crippen LogP contribution is -2.33. The number of aryl methyl sites for hydroxylation is 2. The van der Waals surface area contributed by atoms with Crippen LogP contribution in [0.5, 0.6) is 0 Å². The van der Waals surface area contributed by atoms with E-state index in [0.717, 1.165) is 39.0 Å². The van der Waals surface area contributed by atoms with Gasteiger partial charge in [0, 0.05) is 30.4 Å². The lowest BCUT2D eigenvalue weighted by molar-refractivity contribution is 0.0767. The van der Waals surface area contributed by atoms with Crippen molar-refractivity contribution >= 4 is 41.5 Å². The molecule has 3 N–H and O–H groups in total. The standard InChI is InChI=1S/C26H26N4O2.2ClH/c1-16-12-17(2)30(28-16)19-7-3-6-18(13-19)20-8-4-10-22-21(20)9-5-11-23(22)26(32)29-14-24(27)25(31)15-29;;/h3-13,24-25,31H,14-15,27H2,1-2H3;2*1H/t24-,25-;;/m1../s1. The minimum Gasteiger partial charge on any atom is -0.390 e. The van der Waals surface area contributed by atoms with Gasteiger partial charge in [-0.05, 0) is 60.0 Å². The first-order valence-corrected chi connectivity index (χ1v) is 10.8. The number of carbonyl (C=O) groups is 1. The molecule has 5 rings (SSSR count). The normalized spacial score (nSPS) is 17.4. The van der Waals surface area contributed by atoms with E-state index in [1.165, 1.54) is 0 Å². The molecule has 0 bridgehead atoms. The summed E-state index contributed by atoms with van der Waals surface area (Å²) in [4.78, 5) is 14.9. The van der Waals surface area contributed by atoms with E-state index in [1.807, 2.05) is 61.0 Å². The molecular weight excluding hydrogens is 471 g/mol. The summed E-state index contributed by atoms with van der Waals surface area (Å²) in [5.41, 5.74) is 11.7. The highest BCUT2D eigenvalue weighted by Crippen LogP contribution is 2.32. The molecule has 1 aliphatic heterocycles. The minimum atomic E-state index is -0.679. The van der Waals surface area contributed by atoms with E-state index in [-0.39, 0.29) is 37.3 Å². The highest BCUT2D eigenvalue weighted by Gasteiger charge is 2.32. The first-order chi connectivity index (χ1) is 15.4. The molecule has 4 aromatic rings. The largest absolute Gasteiger partial charge is 0.390 e. The van der Waals surface area contributed by atoms with Gasteiger partial charge in [0.1, 0.15) is 0 Å². The number of hydrogen-bond donors (Lipinski definition) is 2. The average Bonchev–Trinajstić information content (AvgIpc) is 3.32. The maximum absolute atomic E-state index is 13.2. The Morgan fingerprint density at radius 3 is 2.35 bits per heavy atom. The number of aliphatic hydroxyl groups excluding tert-OH is 1. The number of nitrogens with two attached hydrogens (primary N) is 1. The van der Waals surface area contributed by atoms with Gasteiger partial charge in [-0.15, -0.1) is 24.8 Å². The summed E-state index contributed by atoms with van der Waals surface area (Å²) in [5.74, 6) is -0.101. The van der Waals surface area contributed by atoms with Crippen molar-refractivity contribution in [3.8, 4) is 16.8 Å². The van der Waals surface area contributed by atoms with Gasteiger partial charge in [-0.3, -0.25) is 4.79 Å². The first-order valence-electron chi connectivity index (χ1n) is 10.8. The van der Waals surface area contributed by atoms with Crippen molar-refractivity contribution in [2.45, 2.75) is 26.0 Å². The van der Waals surface area contributed by atoms with Gasteiger partial charge in [0.05, 0.1) is 17.5 Å². The number of β-amino-alcohol motifs (C(OH)–C–C–N with tert-alkyl or cyclic N) is 1. The molecule has 8 heteroatoms. The van der Waals surface area contributed by atoms with E-state index in [2.05, 4.69) is 29.4 Å². The van der Waals surface area contributed by atoms with Crippen LogP contribution in [0.3, 0.4) is 0 Å². The SMILES string of the molecule is Cc1cc(C)n(-c2cccc(-c3cccc4c(C(=O)N5C[C@@H](N)[C@H](O)C5)cccc34)c2)n1.Cl.Cl. The third-order valence-corrected chi connectivity index (χ3v) is 6.18. The van der Waals surface area contributed by atoms with Crippen LogP contribution in [0.25, 0.3) is 27.6 Å². The molecule has 0 saturated carbocycles. The second-order valence-corrected chi connectivity index (χ2v) is 8.54. The van der Waals surface area contributed by atoms with Crippen LogP contribution in [-0.2, 0) is 0 Å². The molecule has 1 fully saturated rings. The molecule has 1 amide bonds. The Bertz CT molecular complexity index is 1330. The van der Waals surface area contributed by atoms with Crippen LogP contribution >= 0.6 is 24.8 Å². The van der Waals surface area contributed by atoms with E-state index in [1.54, 1.807) is 4.90 Å². The molecule has 0 unspecified atom stereocenters. The van der Waals surface area contributed by atoms with Gasteiger partial charge in [-0.25, -0.2) is 4.68 Å². The predicted molar refractivity (Wildman–Crippen MR) is 140 cm³/mol. The van der Waals surface area contributed by atoms with Crippen LogP contribution in [0.15, 0.2) is 66.7 Å². The zero-order valence-corrected chi connectivity index (χ0v) is 20.6. The predicted octanol–water partition coefficient (Wildman–Crippen LogP) is 4.30. The summed E-state index contributed by atoms with van der Waals surface area (Å²) < 4.78 is 1.95. The Morgan fingerprint density at radius 2 is 1.68 bits per heavy atom. The maximum Gasteiger partial charge on any atom is 0.254 e. The number of fused-ring (bicyclic) bond motifs is 1. The lowest BCUT2D eigenvalue weighted by Gasteiger charge is -2.18. The van der Waals surface area contributed by atoms with Gasteiger partial charge in [-0.2, -0.15) is 5.10 Å². The van der Waals surface area contributed by atoms with Crippen molar-refractivity contribution < 1.29 is 9.90 Å². The van der Waals surface area contributed by atoms with Crippen LogP contribution in [0.4, 0.5) is 0 Å². The molecule has 0 aliphatic carbocycles. The molecule has 6 nitrogen and oxygen atoms in total. The second-order valence-electron chi connectivity index (χ2n) is 8.54. The number of halogens is 2. The molecule has 1 aromatic heterocycles. The molecular formula is C26H28Cl2N4O2. The molecule has 0 radical (unpaired) electrons. The molecule has 0 spiro atoms. The fourth-order valence-electron chi connectivity index (χ4n) is 4.59. The highest BCUT2D eigenvalue weighted by molar-refractivity contribution is 6.10. The zero-order valence-electron chi connectivity index (χ0n) is 19.0. The summed E-state index contributed by atoms with van der Waals surface area (Å²) in [6.45, 7) is 4.66. The summed E-state index contributed by atoms with van der Waals surface area (Å²) in [5, 5.41) is 16.5. The van der Waals surface area contributed by atoms with Crippen molar-refractivity contribution in [3.05, 3.63) is 83.7 Å². The van der Waals surface area contributed by atoms with E-state index in [4.69, 9.17) is 5.73 Å². The molecule has 178 valence electrons. The molecule has 34 heavy (non-hydrogen) atoms. The topological polar surface area (TPSA) is 84.4 Å². The van der Waals surface area contributed by atoms with Gasteiger partial charge in [0.15, 0.2) is 0 Å². The Morgan fingerprint density at radius 1 is 0.971 bits per heavy atom. The van der Waals surface area contributed by atoms with Crippen molar-refractivity contribution in [2.75, 3.05) is 13.1 Å². The molecule has 3 aromatic carbocycles. The van der Waals surface area contributed by atoms with E-state index in [0.29, 0.717) is 12.1 Å². The summed E-state index contributed by atoms with van der Waals surface area (Å²) in [6, 6.07) is 21.8. The number of carbonyl (C=O) groups excluding carboxylic acids is 1. The Labute approximate surface area is 211 Å². The van der Waals surface area contributed by atoms with Crippen molar-refractivity contribution in [1.82, 2.24) is 14.7 Å². The summed E-state index contributed by atoms with van der Waals surface area (Å²) in [6.07, 6.45) is -0.679. The van der Waals surface area contributed by atoms with Crippen molar-refractivity contribution in [1.29, 1.82) is 0 Å². The number of aromatic nitrogens is 2. The van der Waals surface area contributed by atoms with E-state index in [9.17, 15) is 9.90 Å². The van der Waals surface area contributed by atoms with E-state index >= 15 is 0 Å². The maximum atomic E-state index is 13.2. The van der Waals surface area contributed by atoms with Crippen LogP contribution < -0.4 is 5.73 Å². The Balaban J connectivity index is 0.00000162. The monoisotopic (exact) mass is 498 g/mol. The van der Waals surface area contributed by atoms with Crippen molar-refractivity contribution in [2.24, 2.45) is 5.73 Å². The molecule has 2 heterocycles. The van der Waals surface area contributed by atoms with Gasteiger partial charge < -0.3 is 15.7 Å². The number of amides is 1. The molecule has 1 saturated heterocycles. The van der Waals surface area contributed by atoms with Crippen LogP contribution in [0.2, 0.25) is 0 Å². The number of aliphatic hydroxyl groups is 1. The highest BCUT2D eigenvalue weighted by atomic mass is 35.5. The number of nitrogens with zero attached hydrogens (tertiary/aromatic N) is 3. The van der Waals surface area contributed by atoms with Gasteiger partial charge >= 0.3 is 0 Å². The van der Waals surface area contributed by atoms with Crippen LogP contribution in [0.1, 0.15) is 21.7 Å². The first kappa shape index (κ1) is 25.7. The van der Waals surface area contributed by atoms with E-state index < -0.39 is 12.1 Å². The number of likely N-dealkylation sites (tertiary alicyclic amines) is 1. The second kappa shape index (κ2) is 10.2. The fraction of sp³-hybridized carbons (Fsp3) is 0.231.